The fourth-order valence-corrected chi connectivity index (χ4v) is 1.43. The number of hydrogen-bond acceptors (Lipinski definition) is 1. The van der Waals surface area contributed by atoms with E-state index in [0.717, 1.165) is 18.9 Å². The Kier molecular flexibility index (Phi) is 2.84. The van der Waals surface area contributed by atoms with Crippen LogP contribution in [0.5, 0.6) is 5.75 Å². The highest BCUT2D eigenvalue weighted by atomic mass is 19.2. The Labute approximate surface area is 85.9 Å². The van der Waals surface area contributed by atoms with E-state index in [0.29, 0.717) is 12.5 Å². The third kappa shape index (κ3) is 2.25. The lowest BCUT2D eigenvalue weighted by atomic mass is 9.86. The van der Waals surface area contributed by atoms with E-state index in [-0.39, 0.29) is 5.75 Å². The summed E-state index contributed by atoms with van der Waals surface area (Å²) in [5.41, 5.74) is 0. The number of hydrogen-bond donors (Lipinski definition) is 0. The van der Waals surface area contributed by atoms with Gasteiger partial charge >= 0.3 is 0 Å². The summed E-state index contributed by atoms with van der Waals surface area (Å²) in [7, 11) is 0. The van der Waals surface area contributed by atoms with Crippen LogP contribution in [0.3, 0.4) is 0 Å². The van der Waals surface area contributed by atoms with Crippen molar-refractivity contribution in [3.8, 4) is 5.75 Å². The van der Waals surface area contributed by atoms with Crippen LogP contribution in [0, 0.1) is 29.4 Å². The standard InChI is InChI=1S/C11H10F3O/c12-9-4-8(5-10(13)11(9)14)15-6-7-2-1-3-7/h4,7H,1-3,6H2. The molecule has 1 aromatic rings. The number of ether oxygens (including phenoxy) is 1. The monoisotopic (exact) mass is 215 g/mol. The molecule has 1 radical (unpaired) electrons. The highest BCUT2D eigenvalue weighted by Crippen LogP contribution is 2.27. The minimum Gasteiger partial charge on any atom is -0.492 e. The van der Waals surface area contributed by atoms with Crippen LogP contribution >= 0.6 is 0 Å². The molecule has 1 aliphatic rings. The molecule has 1 nitrogen and oxygen atoms in total. The van der Waals surface area contributed by atoms with Gasteiger partial charge in [0.25, 0.3) is 0 Å². The molecule has 2 rings (SSSR count). The largest absolute Gasteiger partial charge is 0.492 e. The van der Waals surface area contributed by atoms with E-state index >= 15 is 0 Å². The topological polar surface area (TPSA) is 9.23 Å². The van der Waals surface area contributed by atoms with E-state index in [2.05, 4.69) is 0 Å². The fourth-order valence-electron chi connectivity index (χ4n) is 1.43. The molecule has 0 spiro atoms. The minimum absolute atomic E-state index is 0.0710. The molecule has 1 saturated carbocycles. The first kappa shape index (κ1) is 10.3. The predicted molar refractivity (Wildman–Crippen MR) is 48.0 cm³/mol. The average molecular weight is 215 g/mol. The molecule has 0 bridgehead atoms. The van der Waals surface area contributed by atoms with E-state index in [9.17, 15) is 13.2 Å². The molecule has 1 aliphatic carbocycles. The quantitative estimate of drug-likeness (QED) is 0.704. The van der Waals surface area contributed by atoms with E-state index in [1.165, 1.54) is 6.42 Å². The van der Waals surface area contributed by atoms with Crippen LogP contribution in [-0.2, 0) is 0 Å². The smallest absolute Gasteiger partial charge is 0.195 e. The third-order valence-electron chi connectivity index (χ3n) is 2.59. The zero-order valence-electron chi connectivity index (χ0n) is 8.03. The van der Waals surface area contributed by atoms with Crippen LogP contribution in [0.1, 0.15) is 19.3 Å². The van der Waals surface area contributed by atoms with Gasteiger partial charge in [-0.1, -0.05) is 6.42 Å². The van der Waals surface area contributed by atoms with Gasteiger partial charge < -0.3 is 4.74 Å². The van der Waals surface area contributed by atoms with Crippen LogP contribution in [0.15, 0.2) is 6.07 Å². The van der Waals surface area contributed by atoms with E-state index < -0.39 is 17.5 Å². The summed E-state index contributed by atoms with van der Waals surface area (Å²) in [6, 6.07) is 2.83. The first-order valence-electron chi connectivity index (χ1n) is 4.86. The molecule has 1 fully saturated rings. The molecule has 0 heterocycles. The lowest BCUT2D eigenvalue weighted by Gasteiger charge is -2.25. The molecule has 81 valence electrons. The van der Waals surface area contributed by atoms with E-state index in [1.807, 2.05) is 6.07 Å². The first-order valence-corrected chi connectivity index (χ1v) is 4.86. The van der Waals surface area contributed by atoms with Crippen LogP contribution < -0.4 is 4.74 Å². The Morgan fingerprint density at radius 2 is 2.07 bits per heavy atom. The first-order chi connectivity index (χ1) is 7.16. The van der Waals surface area contributed by atoms with Crippen molar-refractivity contribution >= 4 is 0 Å². The summed E-state index contributed by atoms with van der Waals surface area (Å²) in [6.07, 6.45) is 3.32. The van der Waals surface area contributed by atoms with Crippen molar-refractivity contribution < 1.29 is 17.9 Å². The van der Waals surface area contributed by atoms with Crippen molar-refractivity contribution in [2.45, 2.75) is 19.3 Å². The number of rotatable bonds is 3. The molecule has 0 N–H and O–H groups in total. The SMILES string of the molecule is Fc1[c]c(OCC2CCC2)cc(F)c1F. The van der Waals surface area contributed by atoms with Crippen LogP contribution in [-0.4, -0.2) is 6.61 Å². The molecule has 0 atom stereocenters. The van der Waals surface area contributed by atoms with Crippen molar-refractivity contribution in [1.29, 1.82) is 0 Å². The molecule has 0 amide bonds. The molecule has 1 aromatic carbocycles. The molecule has 0 aromatic heterocycles. The van der Waals surface area contributed by atoms with Gasteiger partial charge in [-0.3, -0.25) is 0 Å². The summed E-state index contributed by atoms with van der Waals surface area (Å²) < 4.78 is 43.1. The van der Waals surface area contributed by atoms with Gasteiger partial charge in [-0.05, 0) is 18.8 Å². The molecule has 0 aliphatic heterocycles. The Hall–Kier alpha value is -1.19. The van der Waals surface area contributed by atoms with Crippen molar-refractivity contribution in [3.63, 3.8) is 0 Å². The van der Waals surface area contributed by atoms with Crippen LogP contribution in [0.25, 0.3) is 0 Å². The van der Waals surface area contributed by atoms with Crippen LogP contribution in [0.2, 0.25) is 0 Å². The Morgan fingerprint density at radius 1 is 1.33 bits per heavy atom. The van der Waals surface area contributed by atoms with Gasteiger partial charge in [0.2, 0.25) is 0 Å². The van der Waals surface area contributed by atoms with Gasteiger partial charge in [-0.25, -0.2) is 13.2 Å². The van der Waals surface area contributed by atoms with Crippen molar-refractivity contribution in [3.05, 3.63) is 29.6 Å². The van der Waals surface area contributed by atoms with Crippen LogP contribution in [0.4, 0.5) is 13.2 Å². The van der Waals surface area contributed by atoms with E-state index in [4.69, 9.17) is 4.74 Å². The maximum absolute atomic E-state index is 12.7. The average Bonchev–Trinajstić information content (AvgIpc) is 2.11. The summed E-state index contributed by atoms with van der Waals surface area (Å²) in [5, 5.41) is 0. The number of benzene rings is 1. The molecule has 15 heavy (non-hydrogen) atoms. The molecule has 0 saturated heterocycles. The molecular weight excluding hydrogens is 205 g/mol. The maximum Gasteiger partial charge on any atom is 0.195 e. The van der Waals surface area contributed by atoms with Crippen molar-refractivity contribution in [2.75, 3.05) is 6.61 Å². The van der Waals surface area contributed by atoms with Crippen molar-refractivity contribution in [1.82, 2.24) is 0 Å². The summed E-state index contributed by atoms with van der Waals surface area (Å²) >= 11 is 0. The fraction of sp³-hybridized carbons (Fsp3) is 0.455. The second-order valence-corrected chi connectivity index (χ2v) is 3.72. The van der Waals surface area contributed by atoms with Gasteiger partial charge in [0.05, 0.1) is 12.7 Å². The molecule has 4 heteroatoms. The molecule has 0 unspecified atom stereocenters. The summed E-state index contributed by atoms with van der Waals surface area (Å²) in [5.74, 6) is -3.70. The summed E-state index contributed by atoms with van der Waals surface area (Å²) in [4.78, 5) is 0. The Bertz CT molecular complexity index is 338. The zero-order chi connectivity index (χ0) is 10.8. The zero-order valence-corrected chi connectivity index (χ0v) is 8.03. The second-order valence-electron chi connectivity index (χ2n) is 3.72. The van der Waals surface area contributed by atoms with E-state index in [1.54, 1.807) is 0 Å². The normalized spacial score (nSPS) is 16.2. The lowest BCUT2D eigenvalue weighted by Crippen LogP contribution is -2.19. The second kappa shape index (κ2) is 4.13. The maximum atomic E-state index is 12.7. The van der Waals surface area contributed by atoms with Gasteiger partial charge in [0.1, 0.15) is 5.75 Å². The Balaban J connectivity index is 2.01. The van der Waals surface area contributed by atoms with Crippen molar-refractivity contribution in [2.24, 2.45) is 5.92 Å². The lowest BCUT2D eigenvalue weighted by molar-refractivity contribution is 0.179. The minimum atomic E-state index is -1.51. The third-order valence-corrected chi connectivity index (χ3v) is 2.59. The van der Waals surface area contributed by atoms with Gasteiger partial charge in [0.15, 0.2) is 17.5 Å². The highest BCUT2D eigenvalue weighted by molar-refractivity contribution is 5.23. The Morgan fingerprint density at radius 3 is 2.60 bits per heavy atom. The number of halogens is 3. The van der Waals surface area contributed by atoms with Gasteiger partial charge in [-0.2, -0.15) is 0 Å². The highest BCUT2D eigenvalue weighted by Gasteiger charge is 2.19. The van der Waals surface area contributed by atoms with Gasteiger partial charge in [0, 0.05) is 6.07 Å². The summed E-state index contributed by atoms with van der Waals surface area (Å²) in [6.45, 7) is 0.418. The predicted octanol–water partition coefficient (Wildman–Crippen LogP) is 3.08. The molecular formula is C11H10F3O. The van der Waals surface area contributed by atoms with Gasteiger partial charge in [-0.15, -0.1) is 0 Å².